The Morgan fingerprint density at radius 1 is 0.870 bits per heavy atom. The van der Waals surface area contributed by atoms with Gasteiger partial charge in [0.2, 0.25) is 0 Å². The first-order valence-electron chi connectivity index (χ1n) is 8.47. The Kier molecular flexibility index (Phi) is 5.94. The third kappa shape index (κ3) is 4.07. The third-order valence-corrected chi connectivity index (χ3v) is 12.0. The number of benzene rings is 2. The quantitative estimate of drug-likeness (QED) is 0.725. The van der Waals surface area contributed by atoms with E-state index >= 15 is 0 Å². The molecule has 0 atom stereocenters. The summed E-state index contributed by atoms with van der Waals surface area (Å²) in [5.74, 6) is 3.36. The molecular formula is C20H25S2Si. The molecule has 0 nitrogen and oxygen atoms in total. The molecule has 1 heterocycles. The fourth-order valence-corrected chi connectivity index (χ4v) is 12.5. The molecule has 0 amide bonds. The van der Waals surface area contributed by atoms with Gasteiger partial charge >= 0.3 is 0 Å². The van der Waals surface area contributed by atoms with Crippen LogP contribution in [0.25, 0.3) is 0 Å². The van der Waals surface area contributed by atoms with Gasteiger partial charge in [-0.1, -0.05) is 84.9 Å². The third-order valence-electron chi connectivity index (χ3n) is 4.14. The molecule has 1 radical (unpaired) electrons. The zero-order chi connectivity index (χ0) is 16.1. The molecule has 121 valence electrons. The van der Waals surface area contributed by atoms with Crippen molar-refractivity contribution in [1.29, 1.82) is 0 Å². The van der Waals surface area contributed by atoms with Gasteiger partial charge in [0.25, 0.3) is 0 Å². The van der Waals surface area contributed by atoms with Gasteiger partial charge < -0.3 is 0 Å². The van der Waals surface area contributed by atoms with Crippen LogP contribution in [-0.2, 0) is 0 Å². The van der Waals surface area contributed by atoms with Crippen LogP contribution in [0.4, 0.5) is 0 Å². The molecule has 0 N–H and O–H groups in total. The normalized spacial score (nSPS) is 17.6. The first-order valence-corrected chi connectivity index (χ1v) is 11.9. The summed E-state index contributed by atoms with van der Waals surface area (Å²) in [6, 6.07) is 22.6. The minimum atomic E-state index is -0.829. The molecule has 2 aromatic rings. The lowest BCUT2D eigenvalue weighted by Gasteiger charge is -2.43. The molecular weight excluding hydrogens is 332 g/mol. The molecule has 2 aromatic carbocycles. The van der Waals surface area contributed by atoms with Crippen molar-refractivity contribution in [2.24, 2.45) is 5.92 Å². The predicted octanol–water partition coefficient (Wildman–Crippen LogP) is 4.45. The van der Waals surface area contributed by atoms with Crippen molar-refractivity contribution in [1.82, 2.24) is 0 Å². The van der Waals surface area contributed by atoms with Crippen molar-refractivity contribution < 1.29 is 0 Å². The maximum absolute atomic E-state index is 2.38. The fraction of sp³-hybridized carbons (Fsp3) is 0.400. The highest BCUT2D eigenvalue weighted by atomic mass is 32.2. The molecule has 0 aliphatic carbocycles. The van der Waals surface area contributed by atoms with E-state index in [1.165, 1.54) is 24.3 Å². The highest BCUT2D eigenvalue weighted by Crippen LogP contribution is 2.48. The smallest absolute Gasteiger partial charge is 0.147 e. The number of hydrogen-bond donors (Lipinski definition) is 0. The molecule has 1 aliphatic heterocycles. The molecule has 3 heteroatoms. The Morgan fingerprint density at radius 3 is 1.78 bits per heavy atom. The summed E-state index contributed by atoms with van der Waals surface area (Å²) in [6.45, 7) is 4.76. The second-order valence-corrected chi connectivity index (χ2v) is 13.0. The molecule has 0 unspecified atom stereocenters. The van der Waals surface area contributed by atoms with E-state index in [0.29, 0.717) is 3.70 Å². The van der Waals surface area contributed by atoms with Gasteiger partial charge in [-0.15, -0.1) is 23.5 Å². The Hall–Kier alpha value is -0.643. The van der Waals surface area contributed by atoms with Gasteiger partial charge in [-0.25, -0.2) is 0 Å². The topological polar surface area (TPSA) is 0 Å². The zero-order valence-corrected chi connectivity index (χ0v) is 16.6. The highest BCUT2D eigenvalue weighted by molar-refractivity contribution is 8.21. The van der Waals surface area contributed by atoms with Crippen LogP contribution in [0, 0.1) is 5.92 Å². The molecule has 0 spiro atoms. The van der Waals surface area contributed by atoms with Crippen molar-refractivity contribution in [3.05, 3.63) is 60.7 Å². The van der Waals surface area contributed by atoms with Crippen molar-refractivity contribution >= 4 is 42.7 Å². The lowest BCUT2D eigenvalue weighted by molar-refractivity contribution is 0.599. The highest BCUT2D eigenvalue weighted by Gasteiger charge is 2.45. The maximum Gasteiger partial charge on any atom is 0.151 e. The largest absolute Gasteiger partial charge is 0.151 e. The van der Waals surface area contributed by atoms with E-state index in [4.69, 9.17) is 0 Å². The SMILES string of the molecule is CC(C)CC1([Si](c2ccccc2)c2ccccc2)SCCCS1. The molecule has 0 aromatic heterocycles. The first kappa shape index (κ1) is 17.2. The van der Waals surface area contributed by atoms with Crippen molar-refractivity contribution in [2.45, 2.75) is 30.4 Å². The van der Waals surface area contributed by atoms with Gasteiger partial charge in [-0.3, -0.25) is 0 Å². The first-order chi connectivity index (χ1) is 11.2. The molecule has 0 saturated carbocycles. The Morgan fingerprint density at radius 2 is 1.35 bits per heavy atom. The summed E-state index contributed by atoms with van der Waals surface area (Å²) in [7, 11) is -0.829. The van der Waals surface area contributed by atoms with E-state index in [0.717, 1.165) is 5.92 Å². The number of hydrogen-bond acceptors (Lipinski definition) is 2. The van der Waals surface area contributed by atoms with E-state index in [9.17, 15) is 0 Å². The molecule has 1 saturated heterocycles. The van der Waals surface area contributed by atoms with Crippen LogP contribution < -0.4 is 10.4 Å². The van der Waals surface area contributed by atoms with Crippen molar-refractivity contribution in [3.63, 3.8) is 0 Å². The summed E-state index contributed by atoms with van der Waals surface area (Å²) < 4.78 is 0.361. The summed E-state index contributed by atoms with van der Waals surface area (Å²) >= 11 is 4.49. The zero-order valence-electron chi connectivity index (χ0n) is 14.0. The lowest BCUT2D eigenvalue weighted by Crippen LogP contribution is -2.58. The van der Waals surface area contributed by atoms with Crippen molar-refractivity contribution in [2.75, 3.05) is 11.5 Å². The number of thioether (sulfide) groups is 2. The Bertz CT molecular complexity index is 552. The second kappa shape index (κ2) is 7.95. The van der Waals surface area contributed by atoms with Crippen LogP contribution in [0.2, 0.25) is 0 Å². The Balaban J connectivity index is 2.08. The van der Waals surface area contributed by atoms with Gasteiger partial charge in [-0.2, -0.15) is 0 Å². The van der Waals surface area contributed by atoms with Crippen LogP contribution in [0.1, 0.15) is 26.7 Å². The average molecular weight is 358 g/mol. The van der Waals surface area contributed by atoms with Crippen LogP contribution in [-0.4, -0.2) is 24.0 Å². The average Bonchev–Trinajstić information content (AvgIpc) is 2.57. The molecule has 23 heavy (non-hydrogen) atoms. The van der Waals surface area contributed by atoms with E-state index in [-0.39, 0.29) is 0 Å². The van der Waals surface area contributed by atoms with Gasteiger partial charge in [-0.05, 0) is 30.3 Å². The van der Waals surface area contributed by atoms with E-state index in [1.54, 1.807) is 10.4 Å². The molecule has 1 fully saturated rings. The van der Waals surface area contributed by atoms with Crippen molar-refractivity contribution in [3.8, 4) is 0 Å². The van der Waals surface area contributed by atoms with Gasteiger partial charge in [0.15, 0.2) is 8.80 Å². The van der Waals surface area contributed by atoms with Crippen LogP contribution in [0.5, 0.6) is 0 Å². The van der Waals surface area contributed by atoms with Gasteiger partial charge in [0.05, 0.1) is 3.70 Å². The molecule has 0 bridgehead atoms. The minimum Gasteiger partial charge on any atom is -0.147 e. The maximum atomic E-state index is 2.38. The van der Waals surface area contributed by atoms with E-state index < -0.39 is 8.80 Å². The minimum absolute atomic E-state index is 0.361. The van der Waals surface area contributed by atoms with Gasteiger partial charge in [0, 0.05) is 0 Å². The fourth-order valence-electron chi connectivity index (χ4n) is 3.29. The van der Waals surface area contributed by atoms with Crippen LogP contribution in [0.15, 0.2) is 60.7 Å². The predicted molar refractivity (Wildman–Crippen MR) is 110 cm³/mol. The lowest BCUT2D eigenvalue weighted by atomic mass is 10.2. The summed E-state index contributed by atoms with van der Waals surface area (Å²) in [4.78, 5) is 0. The Labute approximate surface area is 151 Å². The molecule has 1 aliphatic rings. The monoisotopic (exact) mass is 357 g/mol. The van der Waals surface area contributed by atoms with E-state index in [2.05, 4.69) is 98.0 Å². The second-order valence-electron chi connectivity index (χ2n) is 6.51. The number of rotatable bonds is 5. The standard InChI is InChI=1S/C20H25S2Si/c1-17(2)16-20(21-14-9-15-22-20)23(18-10-5-3-6-11-18)19-12-7-4-8-13-19/h3-8,10-13,17H,9,14-16H2,1-2H3. The summed E-state index contributed by atoms with van der Waals surface area (Å²) in [5.41, 5.74) is 0. The summed E-state index contributed by atoms with van der Waals surface area (Å²) in [6.07, 6.45) is 2.66. The van der Waals surface area contributed by atoms with Crippen LogP contribution in [0.3, 0.4) is 0 Å². The molecule has 3 rings (SSSR count). The summed E-state index contributed by atoms with van der Waals surface area (Å²) in [5, 5.41) is 3.12. The van der Waals surface area contributed by atoms with Gasteiger partial charge in [0.1, 0.15) is 0 Å². The van der Waals surface area contributed by atoms with E-state index in [1.807, 2.05) is 0 Å². The van der Waals surface area contributed by atoms with Crippen LogP contribution >= 0.6 is 23.5 Å².